The van der Waals surface area contributed by atoms with E-state index in [1.807, 2.05) is 18.2 Å². The largest absolute Gasteiger partial charge is 0.416 e. The van der Waals surface area contributed by atoms with Crippen molar-refractivity contribution in [3.63, 3.8) is 0 Å². The molecular weight excluding hydrogens is 370 g/mol. The van der Waals surface area contributed by atoms with Crippen molar-refractivity contribution in [2.75, 3.05) is 19.7 Å². The quantitative estimate of drug-likeness (QED) is 0.743. The maximum absolute atomic E-state index is 13.4. The lowest BCUT2D eigenvalue weighted by Crippen LogP contribution is -2.17. The van der Waals surface area contributed by atoms with E-state index in [9.17, 15) is 17.6 Å². The number of alkyl halides is 3. The van der Waals surface area contributed by atoms with Gasteiger partial charge in [-0.25, -0.2) is 4.39 Å². The van der Waals surface area contributed by atoms with Crippen molar-refractivity contribution in [3.05, 3.63) is 71.0 Å². The first-order valence-corrected chi connectivity index (χ1v) is 8.13. The molecule has 7 heteroatoms. The average molecular weight is 390 g/mol. The van der Waals surface area contributed by atoms with E-state index < -0.39 is 17.6 Å². The maximum Gasteiger partial charge on any atom is 0.416 e. The highest BCUT2D eigenvalue weighted by Crippen LogP contribution is 2.31. The Bertz CT molecular complexity index is 708. The summed E-state index contributed by atoms with van der Waals surface area (Å²) in [7, 11) is 0. The zero-order valence-electron chi connectivity index (χ0n) is 13.9. The lowest BCUT2D eigenvalue weighted by molar-refractivity contribution is -0.137. The van der Waals surface area contributed by atoms with Gasteiger partial charge < -0.3 is 10.1 Å². The summed E-state index contributed by atoms with van der Waals surface area (Å²) in [6, 6.07) is 12.6. The second kappa shape index (κ2) is 8.84. The maximum atomic E-state index is 13.4. The van der Waals surface area contributed by atoms with Gasteiger partial charge in [-0.15, -0.1) is 12.4 Å². The van der Waals surface area contributed by atoms with Crippen LogP contribution in [0.25, 0.3) is 0 Å². The highest BCUT2D eigenvalue weighted by atomic mass is 35.5. The topological polar surface area (TPSA) is 21.3 Å². The fourth-order valence-electron chi connectivity index (χ4n) is 3.22. The summed E-state index contributed by atoms with van der Waals surface area (Å²) in [5.41, 5.74) is 0.413. The van der Waals surface area contributed by atoms with Crippen LogP contribution < -0.4 is 5.32 Å². The Morgan fingerprint density at radius 2 is 1.77 bits per heavy atom. The Balaban J connectivity index is 0.00000243. The molecule has 2 aromatic carbocycles. The van der Waals surface area contributed by atoms with E-state index in [2.05, 4.69) is 17.4 Å². The minimum absolute atomic E-state index is 0. The van der Waals surface area contributed by atoms with Gasteiger partial charge in [-0.05, 0) is 29.3 Å². The normalized spacial score (nSPS) is 20.0. The minimum atomic E-state index is -4.56. The number of hydrogen-bond donors (Lipinski definition) is 1. The number of nitrogens with one attached hydrogen (secondary N) is 1. The molecule has 26 heavy (non-hydrogen) atoms. The Kier molecular flexibility index (Phi) is 7.03. The van der Waals surface area contributed by atoms with Gasteiger partial charge in [0.25, 0.3) is 0 Å². The lowest BCUT2D eigenvalue weighted by Gasteiger charge is -2.19. The molecule has 2 nitrogen and oxygen atoms in total. The van der Waals surface area contributed by atoms with Crippen molar-refractivity contribution in [2.24, 2.45) is 5.92 Å². The second-order valence-electron chi connectivity index (χ2n) is 6.30. The van der Waals surface area contributed by atoms with Crippen LogP contribution in [0.15, 0.2) is 48.5 Å². The first-order valence-electron chi connectivity index (χ1n) is 8.13. The van der Waals surface area contributed by atoms with Gasteiger partial charge in [0.15, 0.2) is 0 Å². The summed E-state index contributed by atoms with van der Waals surface area (Å²) < 4.78 is 57.2. The molecule has 2 aromatic rings. The molecule has 0 saturated carbocycles. The number of rotatable bonds is 5. The van der Waals surface area contributed by atoms with Crippen LogP contribution in [0.2, 0.25) is 0 Å². The van der Waals surface area contributed by atoms with Crippen molar-refractivity contribution in [2.45, 2.75) is 18.7 Å². The molecule has 0 bridgehead atoms. The molecule has 1 N–H and O–H groups in total. The van der Waals surface area contributed by atoms with Crippen LogP contribution >= 0.6 is 12.4 Å². The number of ether oxygens (including phenoxy) is 1. The molecule has 3 rings (SSSR count). The van der Waals surface area contributed by atoms with Crippen LogP contribution in [-0.2, 0) is 17.5 Å². The van der Waals surface area contributed by atoms with Gasteiger partial charge in [0, 0.05) is 24.9 Å². The molecule has 2 atom stereocenters. The Morgan fingerprint density at radius 3 is 2.46 bits per heavy atom. The van der Waals surface area contributed by atoms with Gasteiger partial charge >= 0.3 is 6.18 Å². The highest BCUT2D eigenvalue weighted by Gasteiger charge is 2.31. The predicted molar refractivity (Wildman–Crippen MR) is 93.8 cm³/mol. The van der Waals surface area contributed by atoms with Crippen LogP contribution in [0.5, 0.6) is 0 Å². The standard InChI is InChI=1S/C19H19F4NO.ClH/c20-17-7-13(6-16(8-17)19(21,22)23)11-25-12-15-9-24-10-18(15)14-4-2-1-3-5-14;/h1-8,15,18,24H,9-12H2;1H. The van der Waals surface area contributed by atoms with Crippen LogP contribution in [0.4, 0.5) is 17.6 Å². The molecule has 0 radical (unpaired) electrons. The van der Waals surface area contributed by atoms with E-state index in [4.69, 9.17) is 4.74 Å². The molecule has 1 heterocycles. The zero-order valence-corrected chi connectivity index (χ0v) is 14.7. The summed E-state index contributed by atoms with van der Waals surface area (Å²) >= 11 is 0. The van der Waals surface area contributed by atoms with Gasteiger partial charge in [0.05, 0.1) is 18.8 Å². The number of benzene rings is 2. The predicted octanol–water partition coefficient (Wildman–Crippen LogP) is 4.79. The molecular formula is C19H20ClF4NO. The molecule has 0 aromatic heterocycles. The van der Waals surface area contributed by atoms with Gasteiger partial charge in [0.1, 0.15) is 5.82 Å². The molecule has 2 unspecified atom stereocenters. The van der Waals surface area contributed by atoms with E-state index in [0.29, 0.717) is 18.6 Å². The molecule has 1 fully saturated rings. The molecule has 1 saturated heterocycles. The first kappa shape index (κ1) is 20.7. The smallest absolute Gasteiger partial charge is 0.376 e. The van der Waals surface area contributed by atoms with Gasteiger partial charge in [-0.2, -0.15) is 13.2 Å². The van der Waals surface area contributed by atoms with E-state index in [1.165, 1.54) is 5.56 Å². The molecule has 1 aliphatic rings. The number of halogens is 5. The van der Waals surface area contributed by atoms with Crippen LogP contribution in [0.3, 0.4) is 0 Å². The van der Waals surface area contributed by atoms with Crippen LogP contribution in [0, 0.1) is 11.7 Å². The van der Waals surface area contributed by atoms with Crippen molar-refractivity contribution >= 4 is 12.4 Å². The molecule has 1 aliphatic heterocycles. The minimum Gasteiger partial charge on any atom is -0.376 e. The fraction of sp³-hybridized carbons (Fsp3) is 0.368. The lowest BCUT2D eigenvalue weighted by atomic mass is 9.89. The third-order valence-electron chi connectivity index (χ3n) is 4.45. The third kappa shape index (κ3) is 5.19. The first-order chi connectivity index (χ1) is 11.9. The summed E-state index contributed by atoms with van der Waals surface area (Å²) in [5, 5.41) is 3.32. The zero-order chi connectivity index (χ0) is 17.9. The fourth-order valence-corrected chi connectivity index (χ4v) is 3.22. The SMILES string of the molecule is Cl.Fc1cc(COCC2CNCC2c2ccccc2)cc(C(F)(F)F)c1. The van der Waals surface area contributed by atoms with Gasteiger partial charge in [0.2, 0.25) is 0 Å². The van der Waals surface area contributed by atoms with Crippen molar-refractivity contribution < 1.29 is 22.3 Å². The van der Waals surface area contributed by atoms with E-state index in [-0.39, 0.29) is 30.5 Å². The van der Waals surface area contributed by atoms with Crippen molar-refractivity contribution in [1.29, 1.82) is 0 Å². The molecule has 0 amide bonds. The highest BCUT2D eigenvalue weighted by molar-refractivity contribution is 5.85. The third-order valence-corrected chi connectivity index (χ3v) is 4.45. The Hall–Kier alpha value is -1.63. The van der Waals surface area contributed by atoms with Crippen molar-refractivity contribution in [3.8, 4) is 0 Å². The molecule has 0 spiro atoms. The Morgan fingerprint density at radius 1 is 1.04 bits per heavy atom. The Labute approximate surface area is 156 Å². The molecule has 142 valence electrons. The van der Waals surface area contributed by atoms with Gasteiger partial charge in [-0.1, -0.05) is 30.3 Å². The molecule has 0 aliphatic carbocycles. The number of hydrogen-bond acceptors (Lipinski definition) is 2. The summed E-state index contributed by atoms with van der Waals surface area (Å²) in [4.78, 5) is 0. The summed E-state index contributed by atoms with van der Waals surface area (Å²) in [6.45, 7) is 2.00. The second-order valence-corrected chi connectivity index (χ2v) is 6.30. The monoisotopic (exact) mass is 389 g/mol. The van der Waals surface area contributed by atoms with Gasteiger partial charge in [-0.3, -0.25) is 0 Å². The van der Waals surface area contributed by atoms with E-state index in [1.54, 1.807) is 0 Å². The van der Waals surface area contributed by atoms with Crippen molar-refractivity contribution in [1.82, 2.24) is 5.32 Å². The average Bonchev–Trinajstić information content (AvgIpc) is 3.03. The van der Waals surface area contributed by atoms with E-state index in [0.717, 1.165) is 25.2 Å². The van der Waals surface area contributed by atoms with Crippen LogP contribution in [0.1, 0.15) is 22.6 Å². The summed E-state index contributed by atoms with van der Waals surface area (Å²) in [5.74, 6) is -0.365. The summed E-state index contributed by atoms with van der Waals surface area (Å²) in [6.07, 6.45) is -4.56. The van der Waals surface area contributed by atoms with Crippen LogP contribution in [-0.4, -0.2) is 19.7 Å². The van der Waals surface area contributed by atoms with E-state index >= 15 is 0 Å².